The highest BCUT2D eigenvalue weighted by Gasteiger charge is 2.50. The lowest BCUT2D eigenvalue weighted by molar-refractivity contribution is -0.130. The van der Waals surface area contributed by atoms with E-state index in [1.165, 1.54) is 38.5 Å². The highest BCUT2D eigenvalue weighted by Crippen LogP contribution is 2.61. The molecule has 4 bridgehead atoms. The summed E-state index contributed by atoms with van der Waals surface area (Å²) in [7, 11) is 0. The van der Waals surface area contributed by atoms with E-state index in [4.69, 9.17) is 9.47 Å². The SMILES string of the molecule is O=C(NCCC12CC3CC(CC(C3)C1)C2)[C@@H]1COc2ccccc2O1. The molecular formula is C21H27NO3. The Bertz CT molecular complexity index is 636. The summed E-state index contributed by atoms with van der Waals surface area (Å²) in [5, 5.41) is 3.11. The molecule has 0 unspecified atom stereocenters. The second kappa shape index (κ2) is 5.93. The smallest absolute Gasteiger partial charge is 0.264 e. The zero-order valence-electron chi connectivity index (χ0n) is 14.7. The lowest BCUT2D eigenvalue weighted by Crippen LogP contribution is -2.48. The van der Waals surface area contributed by atoms with Crippen molar-refractivity contribution in [2.75, 3.05) is 13.2 Å². The Balaban J connectivity index is 1.15. The maximum absolute atomic E-state index is 12.5. The van der Waals surface area contributed by atoms with Gasteiger partial charge in [0.1, 0.15) is 6.61 Å². The van der Waals surface area contributed by atoms with E-state index in [9.17, 15) is 4.79 Å². The molecule has 1 aliphatic heterocycles. The number of para-hydroxylation sites is 2. The van der Waals surface area contributed by atoms with E-state index in [-0.39, 0.29) is 5.91 Å². The van der Waals surface area contributed by atoms with Crippen molar-refractivity contribution >= 4 is 5.91 Å². The molecule has 4 heteroatoms. The predicted molar refractivity (Wildman–Crippen MR) is 94.6 cm³/mol. The lowest BCUT2D eigenvalue weighted by Gasteiger charge is -2.57. The number of amides is 1. The molecule has 6 rings (SSSR count). The third-order valence-electron chi connectivity index (χ3n) is 6.92. The fourth-order valence-electron chi connectivity index (χ4n) is 6.31. The lowest BCUT2D eigenvalue weighted by atomic mass is 9.49. The van der Waals surface area contributed by atoms with Crippen LogP contribution >= 0.6 is 0 Å². The number of nitrogens with one attached hydrogen (secondary N) is 1. The maximum Gasteiger partial charge on any atom is 0.264 e. The number of benzene rings is 1. The summed E-state index contributed by atoms with van der Waals surface area (Å²) < 4.78 is 11.5. The van der Waals surface area contributed by atoms with E-state index in [1.54, 1.807) is 0 Å². The van der Waals surface area contributed by atoms with Gasteiger partial charge >= 0.3 is 0 Å². The minimum Gasteiger partial charge on any atom is -0.485 e. The summed E-state index contributed by atoms with van der Waals surface area (Å²) in [5.74, 6) is 4.24. The fourth-order valence-corrected chi connectivity index (χ4v) is 6.31. The average molecular weight is 341 g/mol. The Morgan fingerprint density at radius 3 is 2.36 bits per heavy atom. The highest BCUT2D eigenvalue weighted by molar-refractivity contribution is 5.81. The van der Waals surface area contributed by atoms with Crippen molar-refractivity contribution in [2.24, 2.45) is 23.2 Å². The van der Waals surface area contributed by atoms with Crippen LogP contribution in [0.3, 0.4) is 0 Å². The van der Waals surface area contributed by atoms with Gasteiger partial charge in [-0.3, -0.25) is 4.79 Å². The van der Waals surface area contributed by atoms with Crippen molar-refractivity contribution < 1.29 is 14.3 Å². The zero-order chi connectivity index (χ0) is 16.9. The monoisotopic (exact) mass is 341 g/mol. The molecule has 0 radical (unpaired) electrons. The highest BCUT2D eigenvalue weighted by atomic mass is 16.6. The van der Waals surface area contributed by atoms with Crippen LogP contribution in [0, 0.1) is 23.2 Å². The molecule has 5 aliphatic rings. The quantitative estimate of drug-likeness (QED) is 0.911. The molecule has 25 heavy (non-hydrogen) atoms. The van der Waals surface area contributed by atoms with Crippen LogP contribution in [0.4, 0.5) is 0 Å². The van der Waals surface area contributed by atoms with Gasteiger partial charge in [-0.05, 0) is 80.2 Å². The summed E-state index contributed by atoms with van der Waals surface area (Å²) in [5.41, 5.74) is 0.512. The summed E-state index contributed by atoms with van der Waals surface area (Å²) >= 11 is 0. The van der Waals surface area contributed by atoms with Gasteiger partial charge in [-0.15, -0.1) is 0 Å². The Labute approximate surface area is 149 Å². The summed E-state index contributed by atoms with van der Waals surface area (Å²) in [6, 6.07) is 7.53. The van der Waals surface area contributed by atoms with Crippen LogP contribution in [-0.4, -0.2) is 25.2 Å². The first-order valence-electron chi connectivity index (χ1n) is 9.85. The van der Waals surface area contributed by atoms with Gasteiger partial charge < -0.3 is 14.8 Å². The van der Waals surface area contributed by atoms with Crippen molar-refractivity contribution in [2.45, 2.75) is 51.0 Å². The van der Waals surface area contributed by atoms with Gasteiger partial charge in [-0.1, -0.05) is 12.1 Å². The number of carbonyl (C=O) groups excluding carboxylic acids is 1. The third-order valence-corrected chi connectivity index (χ3v) is 6.92. The Hall–Kier alpha value is -1.71. The van der Waals surface area contributed by atoms with E-state index in [0.717, 1.165) is 36.5 Å². The second-order valence-electron chi connectivity index (χ2n) is 8.82. The Morgan fingerprint density at radius 2 is 1.68 bits per heavy atom. The van der Waals surface area contributed by atoms with Gasteiger partial charge in [0.2, 0.25) is 6.10 Å². The topological polar surface area (TPSA) is 47.6 Å². The van der Waals surface area contributed by atoms with Crippen molar-refractivity contribution in [1.82, 2.24) is 5.32 Å². The molecule has 1 amide bonds. The standard InChI is InChI=1S/C21H27NO3/c23-20(19-13-24-17-3-1-2-4-18(17)25-19)22-6-5-21-10-14-7-15(11-21)9-16(8-14)12-21/h1-4,14-16,19H,5-13H2,(H,22,23)/t14?,15?,16?,19-,21?/m0/s1. The van der Waals surface area contributed by atoms with Crippen LogP contribution in [0.5, 0.6) is 11.5 Å². The molecule has 1 N–H and O–H groups in total. The van der Waals surface area contributed by atoms with Crippen LogP contribution < -0.4 is 14.8 Å². The number of fused-ring (bicyclic) bond motifs is 1. The summed E-state index contributed by atoms with van der Waals surface area (Å²) in [6.07, 6.45) is 9.19. The van der Waals surface area contributed by atoms with E-state index >= 15 is 0 Å². The third kappa shape index (κ3) is 2.90. The average Bonchev–Trinajstić information content (AvgIpc) is 2.60. The van der Waals surface area contributed by atoms with Crippen molar-refractivity contribution in [3.05, 3.63) is 24.3 Å². The van der Waals surface area contributed by atoms with Gasteiger partial charge in [-0.2, -0.15) is 0 Å². The van der Waals surface area contributed by atoms with Gasteiger partial charge in [0.15, 0.2) is 11.5 Å². The number of carbonyl (C=O) groups is 1. The molecular weight excluding hydrogens is 314 g/mol. The zero-order valence-corrected chi connectivity index (χ0v) is 14.7. The summed E-state index contributed by atoms with van der Waals surface area (Å²) in [4.78, 5) is 12.5. The number of hydrogen-bond acceptors (Lipinski definition) is 3. The van der Waals surface area contributed by atoms with Crippen LogP contribution in [-0.2, 0) is 4.79 Å². The number of ether oxygens (including phenoxy) is 2. The van der Waals surface area contributed by atoms with Crippen molar-refractivity contribution in [3.63, 3.8) is 0 Å². The first-order valence-corrected chi connectivity index (χ1v) is 9.85. The largest absolute Gasteiger partial charge is 0.485 e. The summed E-state index contributed by atoms with van der Waals surface area (Å²) in [6.45, 7) is 1.06. The predicted octanol–water partition coefficient (Wildman–Crippen LogP) is 3.55. The fraction of sp³-hybridized carbons (Fsp3) is 0.667. The molecule has 4 saturated carbocycles. The maximum atomic E-state index is 12.5. The molecule has 0 saturated heterocycles. The molecule has 1 heterocycles. The van der Waals surface area contributed by atoms with Crippen LogP contribution in [0.25, 0.3) is 0 Å². The van der Waals surface area contributed by atoms with Gasteiger partial charge in [-0.25, -0.2) is 0 Å². The van der Waals surface area contributed by atoms with Crippen LogP contribution in [0.15, 0.2) is 24.3 Å². The second-order valence-corrected chi connectivity index (χ2v) is 8.82. The van der Waals surface area contributed by atoms with Crippen LogP contribution in [0.1, 0.15) is 44.9 Å². The Kier molecular flexibility index (Phi) is 3.68. The molecule has 4 aliphatic carbocycles. The van der Waals surface area contributed by atoms with E-state index in [2.05, 4.69) is 5.32 Å². The molecule has 0 aromatic heterocycles. The molecule has 4 nitrogen and oxygen atoms in total. The first kappa shape index (κ1) is 15.5. The molecule has 0 spiro atoms. The van der Waals surface area contributed by atoms with E-state index in [1.807, 2.05) is 24.3 Å². The minimum atomic E-state index is -0.536. The van der Waals surface area contributed by atoms with E-state index < -0.39 is 6.10 Å². The first-order chi connectivity index (χ1) is 12.2. The molecule has 1 aromatic carbocycles. The van der Waals surface area contributed by atoms with Gasteiger partial charge in [0.05, 0.1) is 0 Å². The molecule has 134 valence electrons. The number of rotatable bonds is 4. The molecule has 1 aromatic rings. The normalized spacial score (nSPS) is 37.8. The molecule has 4 fully saturated rings. The van der Waals surface area contributed by atoms with E-state index in [0.29, 0.717) is 17.8 Å². The minimum absolute atomic E-state index is 0.0424. The Morgan fingerprint density at radius 1 is 1.04 bits per heavy atom. The number of hydrogen-bond donors (Lipinski definition) is 1. The van der Waals surface area contributed by atoms with Crippen LogP contribution in [0.2, 0.25) is 0 Å². The van der Waals surface area contributed by atoms with Gasteiger partial charge in [0, 0.05) is 6.54 Å². The van der Waals surface area contributed by atoms with Gasteiger partial charge in [0.25, 0.3) is 5.91 Å². The van der Waals surface area contributed by atoms with Crippen molar-refractivity contribution in [1.29, 1.82) is 0 Å². The molecule has 1 atom stereocenters. The van der Waals surface area contributed by atoms with Crippen molar-refractivity contribution in [3.8, 4) is 11.5 Å².